The lowest BCUT2D eigenvalue weighted by atomic mass is 10.00. The predicted molar refractivity (Wildman–Crippen MR) is 112 cm³/mol. The molecule has 1 aromatic heterocycles. The maximum Gasteiger partial charge on any atom is 0.344 e. The summed E-state index contributed by atoms with van der Waals surface area (Å²) in [6.45, 7) is 4.17. The predicted octanol–water partition coefficient (Wildman–Crippen LogP) is 4.34. The largest absolute Gasteiger partial charge is 0.477 e. The van der Waals surface area contributed by atoms with Crippen LogP contribution < -0.4 is 19.8 Å². The van der Waals surface area contributed by atoms with Gasteiger partial charge in [0.1, 0.15) is 18.1 Å². The topological polar surface area (TPSA) is 61.1 Å². The molecular weight excluding hydrogens is 382 g/mol. The summed E-state index contributed by atoms with van der Waals surface area (Å²) in [6.07, 6.45) is 0. The Morgan fingerprint density at radius 2 is 1.77 bits per heavy atom. The lowest BCUT2D eigenvalue weighted by Gasteiger charge is -2.30. The normalized spacial score (nSPS) is 15.4. The van der Waals surface area contributed by atoms with Crippen molar-refractivity contribution in [2.75, 3.05) is 13.5 Å². The highest BCUT2D eigenvalue weighted by atomic mass is 16.7. The summed E-state index contributed by atoms with van der Waals surface area (Å²) in [5, 5.41) is 2.44. The van der Waals surface area contributed by atoms with Crippen molar-refractivity contribution in [2.24, 2.45) is 0 Å². The van der Waals surface area contributed by atoms with E-state index >= 15 is 0 Å². The van der Waals surface area contributed by atoms with E-state index in [1.165, 1.54) is 0 Å². The third-order valence-electron chi connectivity index (χ3n) is 5.80. The molecule has 0 radical (unpaired) electrons. The van der Waals surface area contributed by atoms with Crippen LogP contribution in [0.25, 0.3) is 21.7 Å². The fourth-order valence-corrected chi connectivity index (χ4v) is 4.39. The number of benzene rings is 3. The van der Waals surface area contributed by atoms with Gasteiger partial charge in [0.15, 0.2) is 11.5 Å². The van der Waals surface area contributed by atoms with Crippen LogP contribution in [0.3, 0.4) is 0 Å². The molecule has 3 aromatic carbocycles. The van der Waals surface area contributed by atoms with E-state index in [-0.39, 0.29) is 12.4 Å². The van der Waals surface area contributed by atoms with Gasteiger partial charge in [0.25, 0.3) is 0 Å². The van der Waals surface area contributed by atoms with Crippen molar-refractivity contribution in [3.05, 3.63) is 75.6 Å². The Morgan fingerprint density at radius 3 is 2.67 bits per heavy atom. The molecular formula is C24H19NO5. The van der Waals surface area contributed by atoms with E-state index in [1.807, 2.05) is 37.3 Å². The molecule has 0 unspecified atom stereocenters. The van der Waals surface area contributed by atoms with E-state index in [4.69, 9.17) is 18.6 Å². The van der Waals surface area contributed by atoms with Gasteiger partial charge in [-0.2, -0.15) is 0 Å². The third kappa shape index (κ3) is 2.64. The van der Waals surface area contributed by atoms with Crippen molar-refractivity contribution in [3.63, 3.8) is 0 Å². The van der Waals surface area contributed by atoms with E-state index in [9.17, 15) is 4.79 Å². The number of nitrogens with zero attached hydrogens (tertiary/aromatic N) is 1. The summed E-state index contributed by atoms with van der Waals surface area (Å²) in [7, 11) is 0. The summed E-state index contributed by atoms with van der Waals surface area (Å²) in [5.74, 6) is 2.38. The van der Waals surface area contributed by atoms with Gasteiger partial charge >= 0.3 is 5.63 Å². The van der Waals surface area contributed by atoms with Gasteiger partial charge < -0.3 is 18.6 Å². The van der Waals surface area contributed by atoms with Crippen LogP contribution in [0.15, 0.2) is 57.7 Å². The SMILES string of the molecule is Cc1c2c(cc3c1oc(=O)c1ccccc13)CN(Cc1ccc3c(c1)OCO3)CO2. The molecule has 0 spiro atoms. The molecule has 0 amide bonds. The van der Waals surface area contributed by atoms with Gasteiger partial charge in [0.05, 0.1) is 5.39 Å². The van der Waals surface area contributed by atoms with Crippen LogP contribution in [0.5, 0.6) is 17.2 Å². The molecule has 0 atom stereocenters. The molecule has 150 valence electrons. The second-order valence-electron chi connectivity index (χ2n) is 7.75. The van der Waals surface area contributed by atoms with Crippen LogP contribution in [0, 0.1) is 6.92 Å². The first kappa shape index (κ1) is 17.4. The number of rotatable bonds is 2. The van der Waals surface area contributed by atoms with Crippen molar-refractivity contribution >= 4 is 21.7 Å². The molecule has 2 aliphatic heterocycles. The van der Waals surface area contributed by atoms with Gasteiger partial charge in [-0.05, 0) is 42.1 Å². The molecule has 3 heterocycles. The number of aryl methyl sites for hydroxylation is 1. The van der Waals surface area contributed by atoms with Crippen molar-refractivity contribution in [1.82, 2.24) is 4.90 Å². The van der Waals surface area contributed by atoms with Gasteiger partial charge in [-0.1, -0.05) is 24.3 Å². The van der Waals surface area contributed by atoms with E-state index in [0.717, 1.165) is 57.8 Å². The molecule has 0 fully saturated rings. The maximum absolute atomic E-state index is 12.4. The molecule has 4 aromatic rings. The zero-order chi connectivity index (χ0) is 20.2. The zero-order valence-corrected chi connectivity index (χ0v) is 16.4. The first-order chi connectivity index (χ1) is 14.7. The third-order valence-corrected chi connectivity index (χ3v) is 5.80. The van der Waals surface area contributed by atoms with Crippen LogP contribution in [-0.2, 0) is 13.1 Å². The van der Waals surface area contributed by atoms with Crippen molar-refractivity contribution < 1.29 is 18.6 Å². The Balaban J connectivity index is 1.39. The molecule has 0 aliphatic carbocycles. The molecule has 6 heteroatoms. The van der Waals surface area contributed by atoms with Crippen molar-refractivity contribution in [1.29, 1.82) is 0 Å². The zero-order valence-electron chi connectivity index (χ0n) is 16.4. The van der Waals surface area contributed by atoms with E-state index in [0.29, 0.717) is 17.7 Å². The van der Waals surface area contributed by atoms with Crippen LogP contribution in [0.1, 0.15) is 16.7 Å². The summed E-state index contributed by atoms with van der Waals surface area (Å²) < 4.78 is 22.6. The first-order valence-electron chi connectivity index (χ1n) is 9.89. The highest BCUT2D eigenvalue weighted by molar-refractivity contribution is 6.06. The lowest BCUT2D eigenvalue weighted by Crippen LogP contribution is -2.31. The van der Waals surface area contributed by atoms with Crippen LogP contribution in [-0.4, -0.2) is 18.4 Å². The molecule has 0 saturated heterocycles. The minimum Gasteiger partial charge on any atom is -0.477 e. The first-order valence-corrected chi connectivity index (χ1v) is 9.89. The molecule has 0 saturated carbocycles. The monoisotopic (exact) mass is 401 g/mol. The smallest absolute Gasteiger partial charge is 0.344 e. The Kier molecular flexibility index (Phi) is 3.76. The fourth-order valence-electron chi connectivity index (χ4n) is 4.39. The maximum atomic E-state index is 12.4. The Labute approximate surface area is 172 Å². The minimum absolute atomic E-state index is 0.273. The van der Waals surface area contributed by atoms with Crippen LogP contribution in [0.4, 0.5) is 0 Å². The average molecular weight is 401 g/mol. The van der Waals surface area contributed by atoms with Gasteiger partial charge in [-0.15, -0.1) is 0 Å². The number of hydrogen-bond acceptors (Lipinski definition) is 6. The summed E-state index contributed by atoms with van der Waals surface area (Å²) >= 11 is 0. The minimum atomic E-state index is -0.318. The highest BCUT2D eigenvalue weighted by Crippen LogP contribution is 2.38. The molecule has 6 nitrogen and oxygen atoms in total. The lowest BCUT2D eigenvalue weighted by molar-refractivity contribution is 0.0881. The van der Waals surface area contributed by atoms with Crippen LogP contribution >= 0.6 is 0 Å². The standard InChI is InChI=1S/C24H19NO5/c1-14-22-16(9-19-17-4-2-3-5-18(17)24(26)30-23(14)19)11-25(12-27-22)10-15-6-7-20-21(8-15)29-13-28-20/h2-9H,10-13H2,1H3. The molecule has 0 N–H and O–H groups in total. The van der Waals surface area contributed by atoms with Gasteiger partial charge in [-0.3, -0.25) is 4.90 Å². The Hall–Kier alpha value is -3.51. The Bertz CT molecular complexity index is 1370. The number of hydrogen-bond donors (Lipinski definition) is 0. The Morgan fingerprint density at radius 1 is 0.933 bits per heavy atom. The van der Waals surface area contributed by atoms with E-state index in [1.54, 1.807) is 6.07 Å². The second kappa shape index (κ2) is 6.50. The number of ether oxygens (including phenoxy) is 3. The van der Waals surface area contributed by atoms with Gasteiger partial charge in [0.2, 0.25) is 6.79 Å². The average Bonchev–Trinajstić information content (AvgIpc) is 3.23. The van der Waals surface area contributed by atoms with Crippen molar-refractivity contribution in [3.8, 4) is 17.2 Å². The van der Waals surface area contributed by atoms with E-state index in [2.05, 4.69) is 17.0 Å². The fraction of sp³-hybridized carbons (Fsp3) is 0.208. The summed E-state index contributed by atoms with van der Waals surface area (Å²) in [4.78, 5) is 14.6. The second-order valence-corrected chi connectivity index (χ2v) is 7.75. The van der Waals surface area contributed by atoms with E-state index < -0.39 is 0 Å². The summed E-state index contributed by atoms with van der Waals surface area (Å²) in [6, 6.07) is 15.7. The highest BCUT2D eigenvalue weighted by Gasteiger charge is 2.24. The molecule has 0 bridgehead atoms. The number of fused-ring (bicyclic) bond motifs is 5. The van der Waals surface area contributed by atoms with Crippen molar-refractivity contribution in [2.45, 2.75) is 20.0 Å². The molecule has 2 aliphatic rings. The van der Waals surface area contributed by atoms with Gasteiger partial charge in [-0.25, -0.2) is 4.79 Å². The quantitative estimate of drug-likeness (QED) is 0.368. The summed E-state index contributed by atoms with van der Waals surface area (Å²) in [5.41, 5.74) is 3.38. The molecule has 30 heavy (non-hydrogen) atoms. The van der Waals surface area contributed by atoms with Crippen LogP contribution in [0.2, 0.25) is 0 Å². The molecule has 6 rings (SSSR count). The van der Waals surface area contributed by atoms with Gasteiger partial charge in [0, 0.05) is 29.6 Å².